The van der Waals surface area contributed by atoms with E-state index in [9.17, 15) is 4.79 Å². The van der Waals surface area contributed by atoms with Crippen LogP contribution in [0.4, 0.5) is 0 Å². The highest BCUT2D eigenvalue weighted by Gasteiger charge is 2.13. The molecular formula is C12H21N3O2S. The van der Waals surface area contributed by atoms with Crippen LogP contribution in [0.1, 0.15) is 26.1 Å². The molecule has 102 valence electrons. The first-order chi connectivity index (χ1) is 8.69. The molecule has 0 aliphatic carbocycles. The van der Waals surface area contributed by atoms with E-state index in [0.29, 0.717) is 13.0 Å². The van der Waals surface area contributed by atoms with Crippen LogP contribution in [0.15, 0.2) is 12.4 Å². The first-order valence-corrected chi connectivity index (χ1v) is 7.34. The van der Waals surface area contributed by atoms with E-state index in [-0.39, 0.29) is 5.97 Å². The second-order valence-electron chi connectivity index (χ2n) is 3.83. The molecule has 0 amide bonds. The van der Waals surface area contributed by atoms with Gasteiger partial charge >= 0.3 is 5.97 Å². The average molecular weight is 271 g/mol. The number of carbonyl (C=O) groups excluding carboxylic acids is 1. The number of nitrogens with zero attached hydrogens (tertiary/aromatic N) is 2. The van der Waals surface area contributed by atoms with E-state index >= 15 is 0 Å². The minimum absolute atomic E-state index is 0.312. The van der Waals surface area contributed by atoms with Gasteiger partial charge in [0.15, 0.2) is 0 Å². The Morgan fingerprint density at radius 3 is 3.06 bits per heavy atom. The van der Waals surface area contributed by atoms with Crippen molar-refractivity contribution >= 4 is 17.7 Å². The van der Waals surface area contributed by atoms with Crippen LogP contribution >= 0.6 is 11.8 Å². The first-order valence-electron chi connectivity index (χ1n) is 6.19. The van der Waals surface area contributed by atoms with Gasteiger partial charge in [-0.3, -0.25) is 4.79 Å². The largest absolute Gasteiger partial charge is 0.465 e. The minimum Gasteiger partial charge on any atom is -0.465 e. The summed E-state index contributed by atoms with van der Waals surface area (Å²) in [5.41, 5.74) is 5.71. The maximum Gasteiger partial charge on any atom is 0.322 e. The van der Waals surface area contributed by atoms with Gasteiger partial charge in [0.05, 0.1) is 12.4 Å². The number of nitrogens with two attached hydrogens (primary N) is 1. The van der Waals surface area contributed by atoms with Crippen molar-refractivity contribution in [1.82, 2.24) is 9.55 Å². The first kappa shape index (κ1) is 15.0. The Morgan fingerprint density at radius 2 is 2.39 bits per heavy atom. The lowest BCUT2D eigenvalue weighted by atomic mass is 10.2. The molecule has 1 aromatic rings. The maximum atomic E-state index is 11.3. The number of thioether (sulfide) groups is 1. The number of aromatic nitrogens is 2. The third kappa shape index (κ3) is 4.70. The van der Waals surface area contributed by atoms with Crippen molar-refractivity contribution in [3.63, 3.8) is 0 Å². The van der Waals surface area contributed by atoms with Crippen LogP contribution in [-0.2, 0) is 21.8 Å². The number of imidazole rings is 1. The minimum atomic E-state index is -0.511. The van der Waals surface area contributed by atoms with E-state index in [1.807, 2.05) is 12.4 Å². The van der Waals surface area contributed by atoms with Crippen LogP contribution in [0, 0.1) is 0 Å². The van der Waals surface area contributed by atoms with Gasteiger partial charge in [0.25, 0.3) is 0 Å². The molecular weight excluding hydrogens is 250 g/mol. The van der Waals surface area contributed by atoms with Gasteiger partial charge in [0, 0.05) is 18.9 Å². The predicted molar refractivity (Wildman–Crippen MR) is 73.3 cm³/mol. The van der Waals surface area contributed by atoms with Crippen molar-refractivity contribution in [2.45, 2.75) is 38.6 Å². The van der Waals surface area contributed by atoms with Crippen LogP contribution in [0.25, 0.3) is 0 Å². The zero-order chi connectivity index (χ0) is 13.4. The van der Waals surface area contributed by atoms with Gasteiger partial charge in [0.2, 0.25) is 0 Å². The molecule has 0 spiro atoms. The molecule has 1 aromatic heterocycles. The Kier molecular flexibility index (Phi) is 6.82. The van der Waals surface area contributed by atoms with Crippen molar-refractivity contribution in [3.05, 3.63) is 18.2 Å². The van der Waals surface area contributed by atoms with Crippen molar-refractivity contribution < 1.29 is 9.53 Å². The van der Waals surface area contributed by atoms with Gasteiger partial charge in [-0.2, -0.15) is 11.8 Å². The summed E-state index contributed by atoms with van der Waals surface area (Å²) < 4.78 is 6.96. The van der Waals surface area contributed by atoms with Crippen LogP contribution < -0.4 is 5.73 Å². The number of carbonyl (C=O) groups is 1. The topological polar surface area (TPSA) is 70.1 Å². The van der Waals surface area contributed by atoms with Crippen LogP contribution in [0.2, 0.25) is 0 Å². The van der Waals surface area contributed by atoms with Gasteiger partial charge in [-0.15, -0.1) is 0 Å². The normalized spacial score (nSPS) is 12.4. The van der Waals surface area contributed by atoms with E-state index in [4.69, 9.17) is 10.5 Å². The molecule has 2 N–H and O–H groups in total. The molecule has 0 radical (unpaired) electrons. The Hall–Kier alpha value is -1.01. The zero-order valence-electron chi connectivity index (χ0n) is 11.0. The van der Waals surface area contributed by atoms with Gasteiger partial charge in [-0.25, -0.2) is 4.98 Å². The van der Waals surface area contributed by atoms with Gasteiger partial charge in [-0.1, -0.05) is 0 Å². The van der Waals surface area contributed by atoms with Gasteiger partial charge in [0.1, 0.15) is 11.9 Å². The molecule has 0 aliphatic rings. The molecule has 6 heteroatoms. The number of aryl methyl sites for hydroxylation is 1. The highest BCUT2D eigenvalue weighted by Crippen LogP contribution is 2.12. The number of ether oxygens (including phenoxy) is 1. The number of hydrogen-bond acceptors (Lipinski definition) is 5. The lowest BCUT2D eigenvalue weighted by molar-refractivity contribution is -0.144. The second-order valence-corrected chi connectivity index (χ2v) is 4.93. The molecule has 0 saturated carbocycles. The van der Waals surface area contributed by atoms with E-state index in [1.54, 1.807) is 18.7 Å². The van der Waals surface area contributed by atoms with Crippen LogP contribution in [0.5, 0.6) is 0 Å². The smallest absolute Gasteiger partial charge is 0.322 e. The molecule has 0 saturated heterocycles. The van der Waals surface area contributed by atoms with Crippen molar-refractivity contribution in [1.29, 1.82) is 0 Å². The Morgan fingerprint density at radius 1 is 1.61 bits per heavy atom. The quantitative estimate of drug-likeness (QED) is 0.572. The average Bonchev–Trinajstić information content (AvgIpc) is 2.82. The molecule has 0 fully saturated rings. The van der Waals surface area contributed by atoms with Gasteiger partial charge < -0.3 is 15.0 Å². The molecule has 0 aliphatic heterocycles. The summed E-state index contributed by atoms with van der Waals surface area (Å²) in [6.45, 7) is 5.18. The number of hydrogen-bond donors (Lipinski definition) is 1. The summed E-state index contributed by atoms with van der Waals surface area (Å²) in [5, 5.41) is 0. The van der Waals surface area contributed by atoms with Crippen LogP contribution in [0.3, 0.4) is 0 Å². The molecule has 0 aromatic carbocycles. The lowest BCUT2D eigenvalue weighted by Crippen LogP contribution is -2.32. The molecule has 1 rings (SSSR count). The summed E-state index contributed by atoms with van der Waals surface area (Å²) in [5.74, 6) is 2.42. The van der Waals surface area contributed by atoms with Gasteiger partial charge in [-0.05, 0) is 26.0 Å². The number of rotatable bonds is 8. The fourth-order valence-corrected chi connectivity index (χ4v) is 2.50. The molecule has 1 atom stereocenters. The lowest BCUT2D eigenvalue weighted by Gasteiger charge is -2.10. The summed E-state index contributed by atoms with van der Waals surface area (Å²) in [6, 6.07) is -0.511. The second kappa shape index (κ2) is 8.16. The monoisotopic (exact) mass is 271 g/mol. The molecule has 5 nitrogen and oxygen atoms in total. The van der Waals surface area contributed by atoms with Crippen molar-refractivity contribution in [2.24, 2.45) is 5.73 Å². The summed E-state index contributed by atoms with van der Waals surface area (Å²) in [7, 11) is 0. The fourth-order valence-electron chi connectivity index (χ4n) is 1.51. The fraction of sp³-hybridized carbons (Fsp3) is 0.667. The Bertz CT molecular complexity index is 368. The molecule has 18 heavy (non-hydrogen) atoms. The Balaban J connectivity index is 2.20. The molecule has 0 bridgehead atoms. The SMILES string of the molecule is CCOC(=O)C(N)CCSCc1nccn1CC. The van der Waals surface area contributed by atoms with E-state index in [2.05, 4.69) is 16.5 Å². The third-order valence-electron chi connectivity index (χ3n) is 2.54. The van der Waals surface area contributed by atoms with Crippen molar-refractivity contribution in [3.8, 4) is 0 Å². The summed E-state index contributed by atoms with van der Waals surface area (Å²) >= 11 is 1.73. The highest BCUT2D eigenvalue weighted by molar-refractivity contribution is 7.98. The highest BCUT2D eigenvalue weighted by atomic mass is 32.2. The maximum absolute atomic E-state index is 11.3. The summed E-state index contributed by atoms with van der Waals surface area (Å²) in [4.78, 5) is 15.6. The summed E-state index contributed by atoms with van der Waals surface area (Å²) in [6.07, 6.45) is 4.42. The van der Waals surface area contributed by atoms with E-state index < -0.39 is 6.04 Å². The third-order valence-corrected chi connectivity index (χ3v) is 3.52. The number of esters is 1. The standard InChI is InChI=1S/C12H21N3O2S/c1-3-15-7-6-14-11(15)9-18-8-5-10(13)12(16)17-4-2/h6-7,10H,3-5,8-9,13H2,1-2H3. The van der Waals surface area contributed by atoms with Crippen molar-refractivity contribution in [2.75, 3.05) is 12.4 Å². The van der Waals surface area contributed by atoms with Crippen LogP contribution in [-0.4, -0.2) is 33.9 Å². The predicted octanol–water partition coefficient (Wildman–Crippen LogP) is 1.42. The molecule has 1 heterocycles. The van der Waals surface area contributed by atoms with E-state index in [0.717, 1.165) is 23.9 Å². The Labute approximate surface area is 112 Å². The molecule has 1 unspecified atom stereocenters. The zero-order valence-corrected chi connectivity index (χ0v) is 11.8. The van der Waals surface area contributed by atoms with E-state index in [1.165, 1.54) is 0 Å².